The van der Waals surface area contributed by atoms with Crippen LogP contribution in [0, 0.1) is 0 Å². The van der Waals surface area contributed by atoms with Crippen molar-refractivity contribution in [2.24, 2.45) is 0 Å². The van der Waals surface area contributed by atoms with Gasteiger partial charge in [0.2, 0.25) is 0 Å². The van der Waals surface area contributed by atoms with Crippen molar-refractivity contribution in [3.63, 3.8) is 0 Å². The van der Waals surface area contributed by atoms with Crippen LogP contribution in [0.3, 0.4) is 0 Å². The van der Waals surface area contributed by atoms with Gasteiger partial charge in [-0.15, -0.1) is 0 Å². The number of carboxylic acids is 1. The van der Waals surface area contributed by atoms with Gasteiger partial charge in [-0.2, -0.15) is 5.10 Å². The zero-order valence-electron chi connectivity index (χ0n) is 14.2. The maximum absolute atomic E-state index is 12.4. The highest BCUT2D eigenvalue weighted by molar-refractivity contribution is 5.97. The SMILES string of the molecule is O=C1COc2ccc(CNC(=O)c3cc(C(=O)O)n4ncc(O)c4n3)cc2N1. The van der Waals surface area contributed by atoms with E-state index in [-0.39, 0.29) is 41.8 Å². The third-order valence-corrected chi connectivity index (χ3v) is 4.03. The molecule has 0 atom stereocenters. The van der Waals surface area contributed by atoms with Crippen molar-refractivity contribution < 1.29 is 29.3 Å². The monoisotopic (exact) mass is 383 g/mol. The summed E-state index contributed by atoms with van der Waals surface area (Å²) in [5, 5.41) is 28.1. The summed E-state index contributed by atoms with van der Waals surface area (Å²) in [5.74, 6) is -2.04. The highest BCUT2D eigenvalue weighted by Gasteiger charge is 2.20. The van der Waals surface area contributed by atoms with Crippen molar-refractivity contribution in [2.75, 3.05) is 11.9 Å². The van der Waals surface area contributed by atoms with Gasteiger partial charge in [-0.1, -0.05) is 6.07 Å². The highest BCUT2D eigenvalue weighted by Crippen LogP contribution is 2.28. The van der Waals surface area contributed by atoms with Crippen LogP contribution in [0.2, 0.25) is 0 Å². The molecule has 1 aliphatic rings. The van der Waals surface area contributed by atoms with E-state index in [1.165, 1.54) is 0 Å². The largest absolute Gasteiger partial charge is 0.503 e. The van der Waals surface area contributed by atoms with Crippen molar-refractivity contribution in [3.05, 3.63) is 47.4 Å². The molecule has 4 N–H and O–H groups in total. The smallest absolute Gasteiger partial charge is 0.354 e. The lowest BCUT2D eigenvalue weighted by molar-refractivity contribution is -0.118. The molecule has 0 bridgehead atoms. The lowest BCUT2D eigenvalue weighted by Gasteiger charge is -2.18. The summed E-state index contributed by atoms with van der Waals surface area (Å²) in [6.45, 7) is 0.0487. The average Bonchev–Trinajstić information content (AvgIpc) is 3.05. The predicted molar refractivity (Wildman–Crippen MR) is 93.3 cm³/mol. The molecule has 0 fully saturated rings. The van der Waals surface area contributed by atoms with Crippen LogP contribution in [0.5, 0.6) is 11.5 Å². The summed E-state index contributed by atoms with van der Waals surface area (Å²) < 4.78 is 6.20. The zero-order valence-corrected chi connectivity index (χ0v) is 14.2. The fourth-order valence-electron chi connectivity index (χ4n) is 2.73. The summed E-state index contributed by atoms with van der Waals surface area (Å²) in [4.78, 5) is 39.2. The number of hydrogen-bond donors (Lipinski definition) is 4. The third-order valence-electron chi connectivity index (χ3n) is 4.03. The Balaban J connectivity index is 1.56. The molecule has 2 amide bonds. The molecular formula is C17H13N5O6. The average molecular weight is 383 g/mol. The Bertz CT molecular complexity index is 1140. The van der Waals surface area contributed by atoms with E-state index < -0.39 is 11.9 Å². The van der Waals surface area contributed by atoms with Crippen molar-refractivity contribution in [1.29, 1.82) is 0 Å². The number of ether oxygens (including phenoxy) is 1. The second-order valence-electron chi connectivity index (χ2n) is 5.95. The highest BCUT2D eigenvalue weighted by atomic mass is 16.5. The lowest BCUT2D eigenvalue weighted by Crippen LogP contribution is -2.27. The van der Waals surface area contributed by atoms with Crippen LogP contribution < -0.4 is 15.4 Å². The number of aromatic carboxylic acids is 1. The standard InChI is InChI=1S/C17H13N5O6/c23-12-6-19-22-11(17(26)27)4-10(21-15(12)22)16(25)18-5-8-1-2-13-9(3-8)20-14(24)7-28-13/h1-4,6,23H,5,7H2,(H,18,25)(H,20,24)(H,26,27). The maximum Gasteiger partial charge on any atom is 0.354 e. The van der Waals surface area contributed by atoms with Crippen LogP contribution in [0.15, 0.2) is 30.5 Å². The molecule has 0 unspecified atom stereocenters. The summed E-state index contributed by atoms with van der Waals surface area (Å²) in [7, 11) is 0. The number of carbonyl (C=O) groups is 3. The van der Waals surface area contributed by atoms with E-state index in [1.54, 1.807) is 18.2 Å². The first-order valence-corrected chi connectivity index (χ1v) is 8.07. The topological polar surface area (TPSA) is 155 Å². The first kappa shape index (κ1) is 17.3. The molecule has 1 aliphatic heterocycles. The van der Waals surface area contributed by atoms with Crippen LogP contribution in [-0.2, 0) is 11.3 Å². The summed E-state index contributed by atoms with van der Waals surface area (Å²) in [5.41, 5.74) is 0.544. The lowest BCUT2D eigenvalue weighted by atomic mass is 10.1. The minimum atomic E-state index is -1.32. The molecule has 0 radical (unpaired) electrons. The summed E-state index contributed by atoms with van der Waals surface area (Å²) in [6, 6.07) is 6.12. The number of aromatic hydroxyl groups is 1. The van der Waals surface area contributed by atoms with Gasteiger partial charge in [-0.3, -0.25) is 9.59 Å². The molecule has 11 heteroatoms. The van der Waals surface area contributed by atoms with Gasteiger partial charge < -0.3 is 25.6 Å². The first-order chi connectivity index (χ1) is 13.4. The number of carboxylic acid groups (broad SMARTS) is 1. The number of amides is 2. The third kappa shape index (κ3) is 3.05. The second-order valence-corrected chi connectivity index (χ2v) is 5.95. The minimum Gasteiger partial charge on any atom is -0.503 e. The van der Waals surface area contributed by atoms with E-state index >= 15 is 0 Å². The van der Waals surface area contributed by atoms with E-state index in [9.17, 15) is 24.6 Å². The molecule has 1 aromatic carbocycles. The molecule has 4 rings (SSSR count). The van der Waals surface area contributed by atoms with Crippen LogP contribution in [-0.4, -0.2) is 49.2 Å². The van der Waals surface area contributed by atoms with Crippen LogP contribution in [0.4, 0.5) is 5.69 Å². The first-order valence-electron chi connectivity index (χ1n) is 8.07. The molecule has 11 nitrogen and oxygen atoms in total. The molecule has 2 aromatic heterocycles. The van der Waals surface area contributed by atoms with Gasteiger partial charge in [-0.05, 0) is 17.7 Å². The van der Waals surface area contributed by atoms with Crippen LogP contribution >= 0.6 is 0 Å². The number of nitrogens with zero attached hydrogens (tertiary/aromatic N) is 3. The Morgan fingerprint density at radius 2 is 2.14 bits per heavy atom. The van der Waals surface area contributed by atoms with Crippen molar-refractivity contribution in [1.82, 2.24) is 19.9 Å². The Hall–Kier alpha value is -4.15. The number of fused-ring (bicyclic) bond motifs is 2. The molecule has 0 saturated carbocycles. The predicted octanol–water partition coefficient (Wildman–Crippen LogP) is 0.394. The van der Waals surface area contributed by atoms with E-state index in [0.29, 0.717) is 17.0 Å². The number of aromatic nitrogens is 3. The van der Waals surface area contributed by atoms with E-state index in [1.807, 2.05) is 0 Å². The number of rotatable bonds is 4. The number of carbonyl (C=O) groups excluding carboxylic acids is 2. The Morgan fingerprint density at radius 3 is 2.93 bits per heavy atom. The Morgan fingerprint density at radius 1 is 1.32 bits per heavy atom. The minimum absolute atomic E-state index is 0.0510. The van der Waals surface area contributed by atoms with Gasteiger partial charge in [0.15, 0.2) is 23.7 Å². The Kier molecular flexibility index (Phi) is 4.03. The molecule has 3 heterocycles. The maximum atomic E-state index is 12.4. The van der Waals surface area contributed by atoms with E-state index in [4.69, 9.17) is 4.74 Å². The molecular weight excluding hydrogens is 370 g/mol. The van der Waals surface area contributed by atoms with E-state index in [2.05, 4.69) is 20.7 Å². The fraction of sp³-hybridized carbons (Fsp3) is 0.118. The van der Waals surface area contributed by atoms with Gasteiger partial charge in [0.1, 0.15) is 11.4 Å². The van der Waals surface area contributed by atoms with Gasteiger partial charge in [0.25, 0.3) is 11.8 Å². The number of nitrogens with one attached hydrogen (secondary N) is 2. The molecule has 142 valence electrons. The van der Waals surface area contributed by atoms with Gasteiger partial charge in [-0.25, -0.2) is 14.3 Å². The van der Waals surface area contributed by atoms with E-state index in [0.717, 1.165) is 16.8 Å². The van der Waals surface area contributed by atoms with Crippen molar-refractivity contribution in [3.8, 4) is 11.5 Å². The van der Waals surface area contributed by atoms with Gasteiger partial charge >= 0.3 is 5.97 Å². The van der Waals surface area contributed by atoms with Crippen LogP contribution in [0.1, 0.15) is 26.5 Å². The zero-order chi connectivity index (χ0) is 19.8. The molecule has 28 heavy (non-hydrogen) atoms. The summed E-state index contributed by atoms with van der Waals surface area (Å²) >= 11 is 0. The Labute approximate surface area is 156 Å². The second kappa shape index (κ2) is 6.54. The number of hydrogen-bond acceptors (Lipinski definition) is 7. The quantitative estimate of drug-likeness (QED) is 0.504. The number of anilines is 1. The van der Waals surface area contributed by atoms with Gasteiger partial charge in [0.05, 0.1) is 11.9 Å². The summed E-state index contributed by atoms with van der Waals surface area (Å²) in [6.07, 6.45) is 1.04. The van der Waals surface area contributed by atoms with Crippen molar-refractivity contribution >= 4 is 29.1 Å². The molecule has 0 aliphatic carbocycles. The molecule has 0 spiro atoms. The molecule has 3 aromatic rings. The normalized spacial score (nSPS) is 12.8. The van der Waals surface area contributed by atoms with Crippen LogP contribution in [0.25, 0.3) is 5.65 Å². The fourth-order valence-corrected chi connectivity index (χ4v) is 2.73. The molecule has 0 saturated heterocycles. The van der Waals surface area contributed by atoms with Gasteiger partial charge in [0, 0.05) is 12.6 Å². The van der Waals surface area contributed by atoms with Crippen molar-refractivity contribution in [2.45, 2.75) is 6.54 Å². The number of benzene rings is 1.